The fourth-order valence-electron chi connectivity index (χ4n) is 6.19. The van der Waals surface area contributed by atoms with Crippen LogP contribution in [-0.2, 0) is 28.6 Å². The van der Waals surface area contributed by atoms with Gasteiger partial charge >= 0.3 is 17.9 Å². The predicted octanol–water partition coefficient (Wildman–Crippen LogP) is 15.8. The lowest BCUT2D eigenvalue weighted by Crippen LogP contribution is -2.30. The van der Waals surface area contributed by atoms with Gasteiger partial charge in [-0.3, -0.25) is 14.4 Å². The van der Waals surface area contributed by atoms with Gasteiger partial charge in [0, 0.05) is 19.3 Å². The van der Waals surface area contributed by atoms with Crippen LogP contribution in [-0.4, -0.2) is 37.2 Å². The summed E-state index contributed by atoms with van der Waals surface area (Å²) >= 11 is 0. The van der Waals surface area contributed by atoms with E-state index in [1.807, 2.05) is 0 Å². The molecule has 60 heavy (non-hydrogen) atoms. The van der Waals surface area contributed by atoms with Gasteiger partial charge in [-0.05, 0) is 96.3 Å². The number of rotatable bonds is 42. The Morgan fingerprint density at radius 3 is 1.10 bits per heavy atom. The van der Waals surface area contributed by atoms with Gasteiger partial charge in [-0.2, -0.15) is 0 Å². The summed E-state index contributed by atoms with van der Waals surface area (Å²) in [5.74, 6) is -0.943. The number of unbranched alkanes of at least 4 members (excludes halogenated alkanes) is 15. The molecular formula is C54H88O6. The molecule has 0 rings (SSSR count). The lowest BCUT2D eigenvalue weighted by atomic mass is 10.1. The topological polar surface area (TPSA) is 78.9 Å². The molecule has 0 amide bonds. The number of hydrogen-bond acceptors (Lipinski definition) is 6. The summed E-state index contributed by atoms with van der Waals surface area (Å²) in [6.07, 6.45) is 62.9. The molecule has 1 atom stereocenters. The Hall–Kier alpha value is -3.67. The quantitative estimate of drug-likeness (QED) is 0.0264. The van der Waals surface area contributed by atoms with Gasteiger partial charge in [0.25, 0.3) is 0 Å². The second-order valence-electron chi connectivity index (χ2n) is 15.6. The Morgan fingerprint density at radius 1 is 0.350 bits per heavy atom. The van der Waals surface area contributed by atoms with Gasteiger partial charge in [0.1, 0.15) is 13.2 Å². The van der Waals surface area contributed by atoms with Crippen LogP contribution < -0.4 is 0 Å². The first kappa shape index (κ1) is 56.3. The van der Waals surface area contributed by atoms with Crippen molar-refractivity contribution >= 4 is 17.9 Å². The number of carbonyl (C=O) groups is 3. The van der Waals surface area contributed by atoms with E-state index < -0.39 is 6.10 Å². The Morgan fingerprint density at radius 2 is 0.683 bits per heavy atom. The molecule has 0 aromatic rings. The number of allylic oxidation sites excluding steroid dienone is 16. The van der Waals surface area contributed by atoms with Crippen LogP contribution in [0.2, 0.25) is 0 Å². The molecule has 0 fully saturated rings. The van der Waals surface area contributed by atoms with E-state index in [1.54, 1.807) is 0 Å². The molecular weight excluding hydrogens is 745 g/mol. The molecule has 0 saturated heterocycles. The van der Waals surface area contributed by atoms with Crippen LogP contribution in [0.4, 0.5) is 0 Å². The van der Waals surface area contributed by atoms with Crippen molar-refractivity contribution in [2.45, 2.75) is 213 Å². The Labute approximate surface area is 368 Å². The van der Waals surface area contributed by atoms with E-state index in [1.165, 1.54) is 19.3 Å². The molecule has 1 unspecified atom stereocenters. The largest absolute Gasteiger partial charge is 0.462 e. The first-order valence-electron chi connectivity index (χ1n) is 24.2. The molecule has 0 aliphatic rings. The van der Waals surface area contributed by atoms with Gasteiger partial charge in [0.15, 0.2) is 6.10 Å². The van der Waals surface area contributed by atoms with Crippen molar-refractivity contribution in [2.75, 3.05) is 13.2 Å². The van der Waals surface area contributed by atoms with Crippen molar-refractivity contribution in [3.8, 4) is 0 Å². The smallest absolute Gasteiger partial charge is 0.306 e. The summed E-state index contributed by atoms with van der Waals surface area (Å²) in [5, 5.41) is 0. The molecule has 0 aromatic heterocycles. The van der Waals surface area contributed by atoms with E-state index in [4.69, 9.17) is 14.2 Å². The van der Waals surface area contributed by atoms with Gasteiger partial charge in [0.05, 0.1) is 0 Å². The van der Waals surface area contributed by atoms with Gasteiger partial charge < -0.3 is 14.2 Å². The van der Waals surface area contributed by atoms with E-state index in [9.17, 15) is 14.4 Å². The van der Waals surface area contributed by atoms with Crippen molar-refractivity contribution in [3.05, 3.63) is 97.2 Å². The Balaban J connectivity index is 4.15. The van der Waals surface area contributed by atoms with Crippen LogP contribution >= 0.6 is 0 Å². The van der Waals surface area contributed by atoms with Crippen molar-refractivity contribution in [1.29, 1.82) is 0 Å². The van der Waals surface area contributed by atoms with Gasteiger partial charge in [-0.1, -0.05) is 189 Å². The summed E-state index contributed by atoms with van der Waals surface area (Å²) in [4.78, 5) is 37.5. The summed E-state index contributed by atoms with van der Waals surface area (Å²) in [5.41, 5.74) is 0. The molecule has 0 aliphatic carbocycles. The molecule has 0 radical (unpaired) electrons. The maximum Gasteiger partial charge on any atom is 0.306 e. The van der Waals surface area contributed by atoms with E-state index in [0.29, 0.717) is 19.3 Å². The zero-order valence-electron chi connectivity index (χ0n) is 38.7. The molecule has 0 aromatic carbocycles. The van der Waals surface area contributed by atoms with Crippen molar-refractivity contribution < 1.29 is 28.6 Å². The maximum atomic E-state index is 12.6. The monoisotopic (exact) mass is 833 g/mol. The molecule has 0 heterocycles. The van der Waals surface area contributed by atoms with Gasteiger partial charge in [-0.25, -0.2) is 0 Å². The highest BCUT2D eigenvalue weighted by Crippen LogP contribution is 2.12. The molecule has 6 nitrogen and oxygen atoms in total. The Kier molecular flexibility index (Phi) is 45.1. The standard InChI is InChI=1S/C54H88O6/c1-4-7-10-13-15-17-19-20-21-22-23-24-25-26-27-28-29-30-31-32-33-34-35-37-38-41-44-47-53(56)59-50-51(49-58-52(55)46-43-40-12-9-6-3)60-54(57)48-45-42-39-36-18-16-14-11-8-5-2/h7,10-11,14-15,17,20-21,23-24,26-27,29-30,32-33,51H,4-6,8-9,12-13,16,18-19,22,25,28,31,34-50H2,1-3H3/b10-7-,14-11-,17-15-,21-20-,24-23-,27-26-,30-29-,33-32-. The fraction of sp³-hybridized carbons (Fsp3) is 0.648. The first-order valence-corrected chi connectivity index (χ1v) is 24.2. The molecule has 0 saturated carbocycles. The van der Waals surface area contributed by atoms with Gasteiger partial charge in [0.2, 0.25) is 0 Å². The minimum Gasteiger partial charge on any atom is -0.462 e. The molecule has 340 valence electrons. The van der Waals surface area contributed by atoms with E-state index in [-0.39, 0.29) is 31.1 Å². The van der Waals surface area contributed by atoms with Crippen LogP contribution in [0, 0.1) is 0 Å². The summed E-state index contributed by atoms with van der Waals surface area (Å²) in [6.45, 7) is 6.32. The third-order valence-electron chi connectivity index (χ3n) is 9.80. The minimum absolute atomic E-state index is 0.0891. The van der Waals surface area contributed by atoms with Crippen molar-refractivity contribution in [2.24, 2.45) is 0 Å². The lowest BCUT2D eigenvalue weighted by molar-refractivity contribution is -0.167. The van der Waals surface area contributed by atoms with Crippen molar-refractivity contribution in [3.63, 3.8) is 0 Å². The van der Waals surface area contributed by atoms with Crippen LogP contribution in [0.5, 0.6) is 0 Å². The third-order valence-corrected chi connectivity index (χ3v) is 9.80. The number of carbonyl (C=O) groups excluding carboxylic acids is 3. The average molecular weight is 833 g/mol. The van der Waals surface area contributed by atoms with Crippen LogP contribution in [0.1, 0.15) is 207 Å². The van der Waals surface area contributed by atoms with Crippen LogP contribution in [0.3, 0.4) is 0 Å². The third kappa shape index (κ3) is 45.4. The second kappa shape index (κ2) is 48.0. The summed E-state index contributed by atoms with van der Waals surface area (Å²) < 4.78 is 16.6. The van der Waals surface area contributed by atoms with E-state index >= 15 is 0 Å². The normalized spacial score (nSPS) is 12.9. The highest BCUT2D eigenvalue weighted by atomic mass is 16.6. The highest BCUT2D eigenvalue weighted by Gasteiger charge is 2.19. The highest BCUT2D eigenvalue weighted by molar-refractivity contribution is 5.71. The second-order valence-corrected chi connectivity index (χ2v) is 15.6. The Bertz CT molecular complexity index is 1230. The molecule has 0 N–H and O–H groups in total. The predicted molar refractivity (Wildman–Crippen MR) is 256 cm³/mol. The number of hydrogen-bond donors (Lipinski definition) is 0. The van der Waals surface area contributed by atoms with Crippen molar-refractivity contribution in [1.82, 2.24) is 0 Å². The SMILES string of the molecule is CC/C=C\C/C=C\C/C=C\C/C=C\C/C=C\C/C=C\C/C=C\CCCCCCCC(=O)OCC(COC(=O)CCCCCCC)OC(=O)CCCCCCC/C=C\CCC. The molecule has 0 aliphatic heterocycles. The molecule has 0 spiro atoms. The fourth-order valence-corrected chi connectivity index (χ4v) is 6.19. The average Bonchev–Trinajstić information content (AvgIpc) is 3.24. The molecule has 0 bridgehead atoms. The van der Waals surface area contributed by atoms with Crippen LogP contribution in [0.15, 0.2) is 97.2 Å². The van der Waals surface area contributed by atoms with Crippen LogP contribution in [0.25, 0.3) is 0 Å². The van der Waals surface area contributed by atoms with Gasteiger partial charge in [-0.15, -0.1) is 0 Å². The first-order chi connectivity index (χ1) is 29.5. The lowest BCUT2D eigenvalue weighted by Gasteiger charge is -2.18. The maximum absolute atomic E-state index is 12.6. The number of ether oxygens (including phenoxy) is 3. The zero-order valence-corrected chi connectivity index (χ0v) is 38.7. The van der Waals surface area contributed by atoms with E-state index in [2.05, 4.69) is 118 Å². The van der Waals surface area contributed by atoms with E-state index in [0.717, 1.165) is 148 Å². The minimum atomic E-state index is -0.784. The molecule has 6 heteroatoms. The zero-order chi connectivity index (χ0) is 43.7. The summed E-state index contributed by atoms with van der Waals surface area (Å²) in [7, 11) is 0. The summed E-state index contributed by atoms with van der Waals surface area (Å²) in [6, 6.07) is 0. The number of esters is 3.